The number of hydrogen-bond acceptors (Lipinski definition) is 15. The first-order chi connectivity index (χ1) is 26.2. The van der Waals surface area contributed by atoms with Crippen LogP contribution in [0.2, 0.25) is 0 Å². The molecule has 0 bridgehead atoms. The number of benzene rings is 1. The summed E-state index contributed by atoms with van der Waals surface area (Å²) in [5, 5.41) is 4.93. The van der Waals surface area contributed by atoms with Crippen LogP contribution in [0, 0.1) is 11.8 Å². The Morgan fingerprint density at radius 3 is 1.61 bits per heavy atom. The van der Waals surface area contributed by atoms with E-state index in [1.165, 1.54) is 12.4 Å². The Kier molecular flexibility index (Phi) is 17.6. The van der Waals surface area contributed by atoms with Crippen molar-refractivity contribution in [3.8, 4) is 29.1 Å². The van der Waals surface area contributed by atoms with Gasteiger partial charge in [0, 0.05) is 12.4 Å². The summed E-state index contributed by atoms with van der Waals surface area (Å²) in [6, 6.07) is 0. The molecule has 1 aromatic heterocycles. The summed E-state index contributed by atoms with van der Waals surface area (Å²) in [6.07, 6.45) is 0.854. The van der Waals surface area contributed by atoms with E-state index in [2.05, 4.69) is 27.5 Å². The van der Waals surface area contributed by atoms with Crippen LogP contribution in [-0.4, -0.2) is 121 Å². The molecule has 0 aliphatic carbocycles. The monoisotopic (exact) mass is 868 g/mol. The minimum Gasteiger partial charge on any atom is -0.492 e. The number of alkyl carbamates (subject to hydrolysis) is 2. The highest BCUT2D eigenvalue weighted by Crippen LogP contribution is 2.45. The highest BCUT2D eigenvalue weighted by atomic mass is 32.2. The van der Waals surface area contributed by atoms with Gasteiger partial charge >= 0.3 is 12.2 Å². The quantitative estimate of drug-likeness (QED) is 0.0769. The van der Waals surface area contributed by atoms with Gasteiger partial charge in [0.2, 0.25) is 0 Å². The fourth-order valence-corrected chi connectivity index (χ4v) is 5.91. The van der Waals surface area contributed by atoms with Crippen molar-refractivity contribution in [1.29, 1.82) is 0 Å². The zero-order chi connectivity index (χ0) is 43.2. The van der Waals surface area contributed by atoms with Crippen LogP contribution in [0.3, 0.4) is 0 Å². The van der Waals surface area contributed by atoms with Crippen molar-refractivity contribution in [3.05, 3.63) is 35.4 Å². The Labute approximate surface area is 331 Å². The lowest BCUT2D eigenvalue weighted by molar-refractivity contribution is 0.0516. The topological polar surface area (TPSA) is 302 Å². The van der Waals surface area contributed by atoms with Gasteiger partial charge in [0.25, 0.3) is 36.3 Å². The number of imidazole rings is 1. The van der Waals surface area contributed by atoms with E-state index in [4.69, 9.17) is 23.7 Å². The standard InChI is InChI=1S/C33H48N4O17S3/c1-32(2,3)53-30(39)35-12-7-11-23-26(50-15-8-18-55(41,42)43)24(21-36-31(40)54-33(4,5)6)28(52-17-10-20-57(47,48)49)25(29(38)37-14-13-34-22-37)27(23)51-16-9-19-56(44,45)46/h13-14,22H,8-10,12,15-21H2,1-6H3,(H,35,39)(H,36,40)(H,41,42,43)(H,44,45,46)(H,47,48,49). The van der Waals surface area contributed by atoms with Crippen LogP contribution in [0.1, 0.15) is 82.3 Å². The summed E-state index contributed by atoms with van der Waals surface area (Å²) in [7, 11) is -13.4. The number of hydrogen-bond donors (Lipinski definition) is 5. The zero-order valence-corrected chi connectivity index (χ0v) is 34.6. The summed E-state index contributed by atoms with van der Waals surface area (Å²) in [5.41, 5.74) is -2.71. The van der Waals surface area contributed by atoms with E-state index in [0.717, 1.165) is 10.9 Å². The molecule has 21 nitrogen and oxygen atoms in total. The first kappa shape index (κ1) is 48.5. The maximum Gasteiger partial charge on any atom is 0.408 e. The minimum absolute atomic E-state index is 0.155. The molecular formula is C33H48N4O17S3. The van der Waals surface area contributed by atoms with Crippen molar-refractivity contribution in [2.24, 2.45) is 0 Å². The summed E-state index contributed by atoms with van der Waals surface area (Å²) in [6.45, 7) is 7.31. The minimum atomic E-state index is -4.48. The van der Waals surface area contributed by atoms with E-state index >= 15 is 0 Å². The van der Waals surface area contributed by atoms with Gasteiger partial charge in [-0.1, -0.05) is 11.8 Å². The molecule has 0 aliphatic rings. The molecule has 2 rings (SSSR count). The predicted molar refractivity (Wildman–Crippen MR) is 202 cm³/mol. The van der Waals surface area contributed by atoms with E-state index in [9.17, 15) is 53.3 Å². The molecule has 5 N–H and O–H groups in total. The normalized spacial score (nSPS) is 12.2. The summed E-state index contributed by atoms with van der Waals surface area (Å²) in [5.74, 6) is 1.08. The smallest absolute Gasteiger partial charge is 0.408 e. The molecule has 0 fully saturated rings. The van der Waals surface area contributed by atoms with Crippen LogP contribution in [0.5, 0.6) is 17.2 Å². The van der Waals surface area contributed by atoms with Gasteiger partial charge in [-0.15, -0.1) is 0 Å². The van der Waals surface area contributed by atoms with Crippen LogP contribution in [0.25, 0.3) is 0 Å². The maximum atomic E-state index is 14.3. The second-order valence-electron chi connectivity index (χ2n) is 14.0. The third-order valence-corrected chi connectivity index (χ3v) is 8.94. The van der Waals surface area contributed by atoms with Crippen molar-refractivity contribution in [1.82, 2.24) is 20.2 Å². The molecule has 1 aromatic carbocycles. The third kappa shape index (κ3) is 19.4. The number of nitrogens with one attached hydrogen (secondary N) is 2. The number of ether oxygens (including phenoxy) is 5. The molecule has 57 heavy (non-hydrogen) atoms. The van der Waals surface area contributed by atoms with Gasteiger partial charge < -0.3 is 34.3 Å². The fraction of sp³-hybridized carbons (Fsp3) is 0.576. The van der Waals surface area contributed by atoms with Crippen molar-refractivity contribution in [2.45, 2.75) is 78.6 Å². The van der Waals surface area contributed by atoms with E-state index in [1.54, 1.807) is 41.5 Å². The van der Waals surface area contributed by atoms with E-state index in [0.29, 0.717) is 0 Å². The van der Waals surface area contributed by atoms with Crippen LogP contribution in [0.15, 0.2) is 18.7 Å². The molecule has 0 aliphatic heterocycles. The van der Waals surface area contributed by atoms with Gasteiger partial charge in [0.05, 0.1) is 55.7 Å². The Balaban J connectivity index is 3.03. The average molecular weight is 869 g/mol. The van der Waals surface area contributed by atoms with Gasteiger partial charge in [-0.3, -0.25) is 23.0 Å². The third-order valence-electron chi connectivity index (χ3n) is 6.53. The van der Waals surface area contributed by atoms with Gasteiger partial charge in [0.1, 0.15) is 40.2 Å². The largest absolute Gasteiger partial charge is 0.492 e. The number of carbonyl (C=O) groups is 3. The molecule has 1 heterocycles. The molecule has 0 spiro atoms. The molecule has 2 amide bonds. The van der Waals surface area contributed by atoms with Crippen LogP contribution in [0.4, 0.5) is 9.59 Å². The number of rotatable bonds is 19. The molecule has 0 saturated heterocycles. The lowest BCUT2D eigenvalue weighted by atomic mass is 9.98. The molecule has 0 atom stereocenters. The molecular weight excluding hydrogens is 821 g/mol. The second kappa shape index (κ2) is 20.7. The van der Waals surface area contributed by atoms with Crippen molar-refractivity contribution in [3.63, 3.8) is 0 Å². The van der Waals surface area contributed by atoms with Crippen LogP contribution in [-0.2, 0) is 46.4 Å². The highest BCUT2D eigenvalue weighted by molar-refractivity contribution is 7.86. The number of carbonyl (C=O) groups excluding carboxylic acids is 3. The molecule has 2 aromatic rings. The molecule has 0 unspecified atom stereocenters. The SMILES string of the molecule is CC(C)(C)OC(=O)NCC#Cc1c(OCCCS(=O)(=O)O)c(CNC(=O)OC(C)(C)C)c(OCCCS(=O)(=O)O)c(C(=O)n2ccnc2)c1OCCCS(=O)(=O)O. The van der Waals surface area contributed by atoms with Crippen LogP contribution >= 0.6 is 0 Å². The average Bonchev–Trinajstić information content (AvgIpc) is 3.57. The predicted octanol–water partition coefficient (Wildman–Crippen LogP) is 2.44. The van der Waals surface area contributed by atoms with E-state index in [1.807, 2.05) is 0 Å². The second-order valence-corrected chi connectivity index (χ2v) is 18.7. The molecule has 0 saturated carbocycles. The number of aromatic nitrogens is 2. The van der Waals surface area contributed by atoms with Gasteiger partial charge in [0.15, 0.2) is 5.75 Å². The first-order valence-electron chi connectivity index (χ1n) is 17.1. The lowest BCUT2D eigenvalue weighted by Crippen LogP contribution is -2.32. The first-order valence-corrected chi connectivity index (χ1v) is 21.9. The zero-order valence-electron chi connectivity index (χ0n) is 32.2. The highest BCUT2D eigenvalue weighted by Gasteiger charge is 2.33. The van der Waals surface area contributed by atoms with Gasteiger partial charge in [-0.05, 0) is 60.8 Å². The van der Waals surface area contributed by atoms with E-state index in [-0.39, 0.29) is 42.7 Å². The summed E-state index contributed by atoms with van der Waals surface area (Å²) < 4.78 is 127. The molecule has 0 radical (unpaired) electrons. The summed E-state index contributed by atoms with van der Waals surface area (Å²) >= 11 is 0. The van der Waals surface area contributed by atoms with E-state index < -0.39 is 120 Å². The fourth-order valence-electron chi connectivity index (χ4n) is 4.46. The van der Waals surface area contributed by atoms with Crippen molar-refractivity contribution < 1.29 is 77.0 Å². The summed E-state index contributed by atoms with van der Waals surface area (Å²) in [4.78, 5) is 43.5. The Bertz CT molecular complexity index is 2110. The van der Waals surface area contributed by atoms with Gasteiger partial charge in [-0.2, -0.15) is 25.3 Å². The lowest BCUT2D eigenvalue weighted by Gasteiger charge is -2.25. The van der Waals surface area contributed by atoms with Crippen molar-refractivity contribution >= 4 is 48.4 Å². The Morgan fingerprint density at radius 2 is 1.18 bits per heavy atom. The molecule has 320 valence electrons. The Morgan fingerprint density at radius 1 is 0.719 bits per heavy atom. The van der Waals surface area contributed by atoms with Gasteiger partial charge in [-0.25, -0.2) is 14.6 Å². The number of nitrogens with zero attached hydrogens (tertiary/aromatic N) is 2. The Hall–Kier alpha value is -4.67. The molecule has 24 heteroatoms. The van der Waals surface area contributed by atoms with Crippen LogP contribution < -0.4 is 24.8 Å². The maximum absolute atomic E-state index is 14.3. The number of amides is 2. The van der Waals surface area contributed by atoms with Crippen molar-refractivity contribution in [2.75, 3.05) is 43.6 Å².